The Morgan fingerprint density at radius 3 is 2.42 bits per heavy atom. The van der Waals surface area contributed by atoms with Gasteiger partial charge < -0.3 is 14.5 Å². The maximum absolute atomic E-state index is 13.2. The fourth-order valence-corrected chi connectivity index (χ4v) is 7.69. The molecule has 1 unspecified atom stereocenters. The zero-order chi connectivity index (χ0) is 26.7. The predicted octanol–water partition coefficient (Wildman–Crippen LogP) is 5.73. The molecule has 1 aromatic heterocycles. The highest BCUT2D eigenvalue weighted by molar-refractivity contribution is 5.96. The molecule has 1 aromatic rings. The number of likely N-dealkylation sites (tertiary alicyclic amines) is 2. The molecule has 0 aromatic carbocycles. The average molecular weight is 525 g/mol. The second-order valence-electron chi connectivity index (χ2n) is 12.4. The topological polar surface area (TPSA) is 66.0 Å². The van der Waals surface area contributed by atoms with Crippen molar-refractivity contribution in [3.05, 3.63) is 29.1 Å². The van der Waals surface area contributed by atoms with E-state index in [4.69, 9.17) is 4.74 Å². The van der Waals surface area contributed by atoms with E-state index < -0.39 is 0 Å². The molecule has 0 N–H and O–H groups in total. The summed E-state index contributed by atoms with van der Waals surface area (Å²) in [6.45, 7) is 10.6. The number of nitrogens with zero attached hydrogens (tertiary/aromatic N) is 4. The first kappa shape index (κ1) is 27.4. The quantitative estimate of drug-likeness (QED) is 0.456. The van der Waals surface area contributed by atoms with Crippen molar-refractivity contribution < 1.29 is 14.3 Å². The Balaban J connectivity index is 1.18. The molecule has 0 bridgehead atoms. The normalized spacial score (nSPS) is 25.2. The lowest BCUT2D eigenvalue weighted by Crippen LogP contribution is -2.56. The van der Waals surface area contributed by atoms with Gasteiger partial charge in [-0.05, 0) is 63.5 Å². The molecule has 4 aliphatic rings. The van der Waals surface area contributed by atoms with Gasteiger partial charge in [-0.2, -0.15) is 0 Å². The molecule has 38 heavy (non-hydrogen) atoms. The molecule has 1 spiro atoms. The van der Waals surface area contributed by atoms with Gasteiger partial charge in [0, 0.05) is 57.8 Å². The van der Waals surface area contributed by atoms with Crippen LogP contribution in [0, 0.1) is 19.8 Å². The molecule has 2 amide bonds. The minimum atomic E-state index is -0.316. The van der Waals surface area contributed by atoms with Gasteiger partial charge in [0.2, 0.25) is 0 Å². The highest BCUT2D eigenvalue weighted by Crippen LogP contribution is 2.43. The lowest BCUT2D eigenvalue weighted by atomic mass is 9.80. The zero-order valence-electron chi connectivity index (χ0n) is 23.9. The highest BCUT2D eigenvalue weighted by atomic mass is 16.6. The number of carbonyl (C=O) groups is 2. The van der Waals surface area contributed by atoms with Gasteiger partial charge in [-0.1, -0.05) is 39.0 Å². The van der Waals surface area contributed by atoms with Crippen LogP contribution in [0.1, 0.15) is 106 Å². The van der Waals surface area contributed by atoms with Gasteiger partial charge >= 0.3 is 6.09 Å². The third-order valence-electron chi connectivity index (χ3n) is 9.99. The Hall–Kier alpha value is -2.15. The number of aromatic nitrogens is 1. The maximum atomic E-state index is 13.2. The van der Waals surface area contributed by atoms with Crippen LogP contribution in [-0.4, -0.2) is 82.1 Å². The molecule has 1 atom stereocenters. The molecule has 7 heteroatoms. The number of hydrogen-bond acceptors (Lipinski definition) is 5. The SMILES string of the molecule is CCCCC1N(CC2CCCCC2)C(=O)OC12CCN(C1CCN(C(=O)c3c(C)ccnc3C)CC1)CC2. The number of ether oxygens (including phenoxy) is 1. The highest BCUT2D eigenvalue weighted by Gasteiger charge is 2.55. The Bertz CT molecular complexity index is 955. The van der Waals surface area contributed by atoms with Gasteiger partial charge in [-0.25, -0.2) is 4.79 Å². The molecule has 5 rings (SSSR count). The van der Waals surface area contributed by atoms with E-state index in [1.807, 2.05) is 24.8 Å². The smallest absolute Gasteiger partial charge is 0.410 e. The second-order valence-corrected chi connectivity index (χ2v) is 12.4. The molecule has 3 aliphatic heterocycles. The van der Waals surface area contributed by atoms with E-state index in [2.05, 4.69) is 21.7 Å². The molecule has 3 saturated heterocycles. The van der Waals surface area contributed by atoms with E-state index in [0.29, 0.717) is 12.0 Å². The van der Waals surface area contributed by atoms with E-state index in [1.54, 1.807) is 6.20 Å². The molecule has 4 fully saturated rings. The summed E-state index contributed by atoms with van der Waals surface area (Å²) in [6.07, 6.45) is 15.4. The van der Waals surface area contributed by atoms with Crippen molar-refractivity contribution in [3.8, 4) is 0 Å². The molecule has 0 radical (unpaired) electrons. The third kappa shape index (κ3) is 5.59. The van der Waals surface area contributed by atoms with Crippen LogP contribution in [0.2, 0.25) is 0 Å². The summed E-state index contributed by atoms with van der Waals surface area (Å²) in [4.78, 5) is 37.6. The zero-order valence-corrected chi connectivity index (χ0v) is 23.9. The van der Waals surface area contributed by atoms with Gasteiger partial charge in [0.15, 0.2) is 0 Å². The Morgan fingerprint density at radius 2 is 1.76 bits per heavy atom. The summed E-state index contributed by atoms with van der Waals surface area (Å²) < 4.78 is 6.31. The molecule has 210 valence electrons. The van der Waals surface area contributed by atoms with E-state index >= 15 is 0 Å². The molecule has 1 saturated carbocycles. The third-order valence-corrected chi connectivity index (χ3v) is 9.99. The summed E-state index contributed by atoms with van der Waals surface area (Å²) >= 11 is 0. The largest absolute Gasteiger partial charge is 0.440 e. The van der Waals surface area contributed by atoms with Gasteiger partial charge in [0.25, 0.3) is 5.91 Å². The number of piperidine rings is 2. The summed E-state index contributed by atoms with van der Waals surface area (Å²) in [6, 6.07) is 2.65. The van der Waals surface area contributed by atoms with Crippen molar-refractivity contribution >= 4 is 12.0 Å². The fraction of sp³-hybridized carbons (Fsp3) is 0.774. The number of hydrogen-bond donors (Lipinski definition) is 0. The lowest BCUT2D eigenvalue weighted by Gasteiger charge is -2.46. The molecule has 7 nitrogen and oxygen atoms in total. The standard InChI is InChI=1S/C31H48N4O3/c1-4-5-11-27-31(38-30(37)35(27)22-25-9-7-6-8-10-25)15-20-33(21-16-31)26-13-18-34(19-14-26)29(36)28-23(2)12-17-32-24(28)3/h12,17,25-27H,4-11,13-16,18-22H2,1-3H3. The van der Waals surface area contributed by atoms with E-state index in [0.717, 1.165) is 94.5 Å². The van der Waals surface area contributed by atoms with Crippen LogP contribution in [0.15, 0.2) is 12.3 Å². The van der Waals surface area contributed by atoms with Crippen LogP contribution in [-0.2, 0) is 4.74 Å². The lowest BCUT2D eigenvalue weighted by molar-refractivity contribution is -0.0385. The minimum Gasteiger partial charge on any atom is -0.440 e. The average Bonchev–Trinajstić information content (AvgIpc) is 3.17. The van der Waals surface area contributed by atoms with Crippen molar-refractivity contribution in [2.75, 3.05) is 32.7 Å². The van der Waals surface area contributed by atoms with Crippen molar-refractivity contribution in [1.29, 1.82) is 0 Å². The molecule has 4 heterocycles. The Morgan fingerprint density at radius 1 is 1.05 bits per heavy atom. The molecular weight excluding hydrogens is 476 g/mol. The monoisotopic (exact) mass is 524 g/mol. The number of rotatable bonds is 7. The molecular formula is C31H48N4O3. The maximum Gasteiger partial charge on any atom is 0.410 e. The number of unbranched alkanes of at least 4 members (excludes halogenated alkanes) is 1. The minimum absolute atomic E-state index is 0.0575. The van der Waals surface area contributed by atoms with Gasteiger partial charge in [0.1, 0.15) is 5.60 Å². The summed E-state index contributed by atoms with van der Waals surface area (Å²) in [7, 11) is 0. The summed E-state index contributed by atoms with van der Waals surface area (Å²) in [5.41, 5.74) is 2.28. The first-order chi connectivity index (χ1) is 18.4. The fourth-order valence-electron chi connectivity index (χ4n) is 7.69. The molecule has 1 aliphatic carbocycles. The van der Waals surface area contributed by atoms with Crippen LogP contribution in [0.4, 0.5) is 4.79 Å². The first-order valence-corrected chi connectivity index (χ1v) is 15.4. The number of carbonyl (C=O) groups excluding carboxylic acids is 2. The van der Waals surface area contributed by atoms with E-state index in [1.165, 1.54) is 32.1 Å². The second kappa shape index (κ2) is 11.9. The van der Waals surface area contributed by atoms with Crippen molar-refractivity contribution in [2.24, 2.45) is 5.92 Å². The number of pyridine rings is 1. The van der Waals surface area contributed by atoms with Crippen LogP contribution in [0.3, 0.4) is 0 Å². The predicted molar refractivity (Wildman–Crippen MR) is 149 cm³/mol. The Labute approximate surface area is 229 Å². The Kier molecular flexibility index (Phi) is 8.61. The van der Waals surface area contributed by atoms with Crippen LogP contribution in [0.5, 0.6) is 0 Å². The number of aryl methyl sites for hydroxylation is 2. The van der Waals surface area contributed by atoms with Crippen LogP contribution in [0.25, 0.3) is 0 Å². The van der Waals surface area contributed by atoms with E-state index in [9.17, 15) is 9.59 Å². The summed E-state index contributed by atoms with van der Waals surface area (Å²) in [5.74, 6) is 0.765. The van der Waals surface area contributed by atoms with Crippen LogP contribution < -0.4 is 0 Å². The van der Waals surface area contributed by atoms with Gasteiger partial charge in [-0.15, -0.1) is 0 Å². The van der Waals surface area contributed by atoms with Gasteiger partial charge in [-0.3, -0.25) is 14.7 Å². The summed E-state index contributed by atoms with van der Waals surface area (Å²) in [5, 5.41) is 0. The van der Waals surface area contributed by atoms with Crippen LogP contribution >= 0.6 is 0 Å². The van der Waals surface area contributed by atoms with E-state index in [-0.39, 0.29) is 23.6 Å². The van der Waals surface area contributed by atoms with Crippen molar-refractivity contribution in [2.45, 2.75) is 116 Å². The van der Waals surface area contributed by atoms with Crippen molar-refractivity contribution in [3.63, 3.8) is 0 Å². The van der Waals surface area contributed by atoms with Gasteiger partial charge in [0.05, 0.1) is 17.3 Å². The number of amides is 2. The first-order valence-electron chi connectivity index (χ1n) is 15.4. The van der Waals surface area contributed by atoms with Crippen molar-refractivity contribution in [1.82, 2.24) is 19.7 Å².